The number of H-pyrrole nitrogens is 1. The summed E-state index contributed by atoms with van der Waals surface area (Å²) in [6, 6.07) is 11.0. The Bertz CT molecular complexity index is 1070. The molecule has 7 heteroatoms. The number of imidazole rings is 1. The van der Waals surface area contributed by atoms with Gasteiger partial charge in [0.15, 0.2) is 0 Å². The maximum atomic E-state index is 10.5. The SMILES string of the molecule is COc1ccc2nc(C3=C(O)CN(c4cccc(Cl)c4C)C3=N)[nH]c2c1. The Kier molecular flexibility index (Phi) is 3.85. The average molecular weight is 369 g/mol. The Labute approximate surface area is 155 Å². The van der Waals surface area contributed by atoms with Crippen molar-refractivity contribution in [3.8, 4) is 5.75 Å². The Morgan fingerprint density at radius 1 is 1.31 bits per heavy atom. The molecule has 132 valence electrons. The van der Waals surface area contributed by atoms with E-state index >= 15 is 0 Å². The van der Waals surface area contributed by atoms with Crippen LogP contribution in [-0.2, 0) is 0 Å². The van der Waals surface area contributed by atoms with Gasteiger partial charge in [0, 0.05) is 16.8 Å². The molecule has 3 aromatic rings. The zero-order chi connectivity index (χ0) is 18.4. The van der Waals surface area contributed by atoms with E-state index in [0.29, 0.717) is 22.2 Å². The van der Waals surface area contributed by atoms with E-state index in [9.17, 15) is 5.11 Å². The van der Waals surface area contributed by atoms with E-state index in [-0.39, 0.29) is 18.1 Å². The molecule has 0 saturated carbocycles. The molecule has 0 atom stereocenters. The molecule has 1 aliphatic heterocycles. The van der Waals surface area contributed by atoms with Crippen LogP contribution in [0.3, 0.4) is 0 Å². The lowest BCUT2D eigenvalue weighted by molar-refractivity contribution is 0.411. The Balaban J connectivity index is 1.74. The van der Waals surface area contributed by atoms with Crippen molar-refractivity contribution < 1.29 is 9.84 Å². The standard InChI is InChI=1S/C19H17ClN4O2/c1-10-12(20)4-3-5-15(10)24-9-16(25)17(18(24)21)19-22-13-7-6-11(26-2)8-14(13)23-19/h3-8,21,25H,9H2,1-2H3,(H,22,23). The molecule has 26 heavy (non-hydrogen) atoms. The number of anilines is 1. The minimum Gasteiger partial charge on any atom is -0.509 e. The highest BCUT2D eigenvalue weighted by Crippen LogP contribution is 2.34. The van der Waals surface area contributed by atoms with Gasteiger partial charge in [-0.2, -0.15) is 0 Å². The summed E-state index contributed by atoms with van der Waals surface area (Å²) in [6.07, 6.45) is 0. The maximum absolute atomic E-state index is 10.5. The summed E-state index contributed by atoms with van der Waals surface area (Å²) in [5.74, 6) is 1.45. The van der Waals surface area contributed by atoms with Crippen molar-refractivity contribution in [3.05, 3.63) is 58.6 Å². The van der Waals surface area contributed by atoms with E-state index in [2.05, 4.69) is 9.97 Å². The van der Waals surface area contributed by atoms with E-state index < -0.39 is 0 Å². The van der Waals surface area contributed by atoms with Crippen LogP contribution in [0.1, 0.15) is 11.4 Å². The maximum Gasteiger partial charge on any atom is 0.145 e. The first-order valence-electron chi connectivity index (χ1n) is 8.07. The molecule has 6 nitrogen and oxygen atoms in total. The quantitative estimate of drug-likeness (QED) is 0.643. The smallest absolute Gasteiger partial charge is 0.145 e. The summed E-state index contributed by atoms with van der Waals surface area (Å²) in [6.45, 7) is 2.10. The van der Waals surface area contributed by atoms with Gasteiger partial charge in [-0.3, -0.25) is 5.41 Å². The van der Waals surface area contributed by atoms with E-state index in [1.165, 1.54) is 0 Å². The van der Waals surface area contributed by atoms with Crippen LogP contribution in [0, 0.1) is 12.3 Å². The largest absolute Gasteiger partial charge is 0.509 e. The fourth-order valence-corrected chi connectivity index (χ4v) is 3.33. The number of aliphatic hydroxyl groups excluding tert-OH is 1. The Morgan fingerprint density at radius 2 is 2.12 bits per heavy atom. The van der Waals surface area contributed by atoms with Crippen LogP contribution in [-0.4, -0.2) is 34.6 Å². The minimum absolute atomic E-state index is 0.0976. The van der Waals surface area contributed by atoms with Crippen molar-refractivity contribution in [1.29, 1.82) is 5.41 Å². The van der Waals surface area contributed by atoms with Gasteiger partial charge < -0.3 is 19.7 Å². The molecule has 0 amide bonds. The summed E-state index contributed by atoms with van der Waals surface area (Å²) in [7, 11) is 1.60. The van der Waals surface area contributed by atoms with Crippen molar-refractivity contribution in [3.63, 3.8) is 0 Å². The van der Waals surface area contributed by atoms with E-state index in [4.69, 9.17) is 21.7 Å². The number of methoxy groups -OCH3 is 1. The van der Waals surface area contributed by atoms with Gasteiger partial charge in [-0.05, 0) is 36.8 Å². The molecular weight excluding hydrogens is 352 g/mol. The average Bonchev–Trinajstić information content (AvgIpc) is 3.16. The van der Waals surface area contributed by atoms with E-state index in [1.54, 1.807) is 18.1 Å². The predicted octanol–water partition coefficient (Wildman–Crippen LogP) is 4.30. The normalized spacial score (nSPS) is 14.6. The third kappa shape index (κ3) is 2.50. The fourth-order valence-electron chi connectivity index (χ4n) is 3.16. The first-order valence-corrected chi connectivity index (χ1v) is 8.45. The van der Waals surface area contributed by atoms with Crippen molar-refractivity contribution in [2.45, 2.75) is 6.92 Å². The van der Waals surface area contributed by atoms with Crippen LogP contribution >= 0.6 is 11.6 Å². The summed E-state index contributed by atoms with van der Waals surface area (Å²) >= 11 is 6.21. The Morgan fingerprint density at radius 3 is 2.88 bits per heavy atom. The molecule has 1 aliphatic rings. The number of hydrogen-bond acceptors (Lipinski definition) is 4. The minimum atomic E-state index is 0.0976. The second-order valence-corrected chi connectivity index (χ2v) is 6.52. The number of benzene rings is 2. The third-order valence-corrected chi connectivity index (χ3v) is 4.97. The molecule has 0 radical (unpaired) electrons. The zero-order valence-electron chi connectivity index (χ0n) is 14.3. The Hall–Kier alpha value is -2.99. The van der Waals surface area contributed by atoms with Crippen molar-refractivity contribution in [2.24, 2.45) is 0 Å². The number of nitrogens with one attached hydrogen (secondary N) is 2. The van der Waals surface area contributed by atoms with Crippen LogP contribution in [0.5, 0.6) is 5.75 Å². The number of amidine groups is 1. The van der Waals surface area contributed by atoms with E-state index in [0.717, 1.165) is 22.3 Å². The first-order chi connectivity index (χ1) is 12.5. The van der Waals surface area contributed by atoms with Crippen molar-refractivity contribution in [2.75, 3.05) is 18.6 Å². The molecular formula is C19H17ClN4O2. The van der Waals surface area contributed by atoms with Gasteiger partial charge in [-0.15, -0.1) is 0 Å². The van der Waals surface area contributed by atoms with Crippen molar-refractivity contribution >= 4 is 39.7 Å². The fraction of sp³-hybridized carbons (Fsp3) is 0.158. The van der Waals surface area contributed by atoms with Gasteiger partial charge in [-0.1, -0.05) is 17.7 Å². The lowest BCUT2D eigenvalue weighted by atomic mass is 10.1. The summed E-state index contributed by atoms with van der Waals surface area (Å²) in [4.78, 5) is 9.41. The van der Waals surface area contributed by atoms with Gasteiger partial charge in [-0.25, -0.2) is 4.98 Å². The summed E-state index contributed by atoms with van der Waals surface area (Å²) in [5, 5.41) is 19.7. The predicted molar refractivity (Wildman–Crippen MR) is 103 cm³/mol. The van der Waals surface area contributed by atoms with Crippen LogP contribution in [0.4, 0.5) is 5.69 Å². The molecule has 0 bridgehead atoms. The lowest BCUT2D eigenvalue weighted by Gasteiger charge is -2.21. The first kappa shape index (κ1) is 16.5. The molecule has 3 N–H and O–H groups in total. The lowest BCUT2D eigenvalue weighted by Crippen LogP contribution is -2.27. The number of ether oxygens (including phenoxy) is 1. The zero-order valence-corrected chi connectivity index (χ0v) is 15.1. The number of aromatic nitrogens is 2. The molecule has 4 rings (SSSR count). The van der Waals surface area contributed by atoms with Crippen LogP contribution < -0.4 is 9.64 Å². The number of fused-ring (bicyclic) bond motifs is 1. The van der Waals surface area contributed by atoms with Gasteiger partial charge >= 0.3 is 0 Å². The van der Waals surface area contributed by atoms with Crippen molar-refractivity contribution in [1.82, 2.24) is 9.97 Å². The number of hydrogen-bond donors (Lipinski definition) is 3. The molecule has 2 aromatic carbocycles. The molecule has 0 aliphatic carbocycles. The monoisotopic (exact) mass is 368 g/mol. The number of halogens is 1. The second kappa shape index (κ2) is 6.07. The third-order valence-electron chi connectivity index (χ3n) is 4.56. The number of aromatic amines is 1. The summed E-state index contributed by atoms with van der Waals surface area (Å²) in [5.41, 5.74) is 3.57. The highest BCUT2D eigenvalue weighted by atomic mass is 35.5. The number of nitrogens with zero attached hydrogens (tertiary/aromatic N) is 2. The summed E-state index contributed by atoms with van der Waals surface area (Å²) < 4.78 is 5.23. The molecule has 0 saturated heterocycles. The highest BCUT2D eigenvalue weighted by Gasteiger charge is 2.32. The number of aliphatic hydroxyl groups is 1. The van der Waals surface area contributed by atoms with Crippen LogP contribution in [0.2, 0.25) is 5.02 Å². The van der Waals surface area contributed by atoms with E-state index in [1.807, 2.05) is 37.3 Å². The molecule has 0 fully saturated rings. The second-order valence-electron chi connectivity index (χ2n) is 6.11. The molecule has 0 spiro atoms. The molecule has 2 heterocycles. The number of rotatable bonds is 3. The highest BCUT2D eigenvalue weighted by molar-refractivity contribution is 6.33. The molecule has 1 aromatic heterocycles. The van der Waals surface area contributed by atoms with Crippen LogP contribution in [0.25, 0.3) is 16.6 Å². The molecule has 0 unspecified atom stereocenters. The van der Waals surface area contributed by atoms with Gasteiger partial charge in [0.05, 0.1) is 30.3 Å². The van der Waals surface area contributed by atoms with Gasteiger partial charge in [0.2, 0.25) is 0 Å². The van der Waals surface area contributed by atoms with Crippen LogP contribution in [0.15, 0.2) is 42.2 Å². The van der Waals surface area contributed by atoms with Gasteiger partial charge in [0.25, 0.3) is 0 Å². The topological polar surface area (TPSA) is 85.2 Å². The van der Waals surface area contributed by atoms with Gasteiger partial charge in [0.1, 0.15) is 23.2 Å².